The van der Waals surface area contributed by atoms with Gasteiger partial charge in [0.15, 0.2) is 0 Å². The second-order valence-corrected chi connectivity index (χ2v) is 5.10. The predicted molar refractivity (Wildman–Crippen MR) is 78.1 cm³/mol. The highest BCUT2D eigenvalue weighted by Crippen LogP contribution is 2.29. The number of anilines is 1. The first-order valence-corrected chi connectivity index (χ1v) is 6.97. The van der Waals surface area contributed by atoms with Gasteiger partial charge >= 0.3 is 0 Å². The molecule has 7 heteroatoms. The van der Waals surface area contributed by atoms with Crippen LogP contribution in [-0.2, 0) is 14.4 Å². The molecule has 1 saturated heterocycles. The molecule has 2 aromatic rings. The molecule has 1 unspecified atom stereocenters. The summed E-state index contributed by atoms with van der Waals surface area (Å²) in [6, 6.07) is 7.50. The van der Waals surface area contributed by atoms with Crippen LogP contribution in [0, 0.1) is 5.92 Å². The molecule has 7 nitrogen and oxygen atoms in total. The van der Waals surface area contributed by atoms with Gasteiger partial charge in [-0.15, -0.1) is 0 Å². The van der Waals surface area contributed by atoms with E-state index in [0.717, 1.165) is 10.9 Å². The number of aromatic nitrogens is 1. The Morgan fingerprint density at radius 1 is 1.41 bits per heavy atom. The molecule has 114 valence electrons. The van der Waals surface area contributed by atoms with Gasteiger partial charge in [-0.25, -0.2) is 0 Å². The number of amides is 3. The van der Waals surface area contributed by atoms with Crippen LogP contribution in [0.1, 0.15) is 13.3 Å². The molecular formula is C15H15N3O4. The molecule has 2 N–H and O–H groups in total. The largest absolute Gasteiger partial charge is 0.359 e. The van der Waals surface area contributed by atoms with E-state index < -0.39 is 23.6 Å². The number of imide groups is 1. The highest BCUT2D eigenvalue weighted by Gasteiger charge is 2.44. The van der Waals surface area contributed by atoms with Gasteiger partial charge in [0.2, 0.25) is 5.91 Å². The van der Waals surface area contributed by atoms with E-state index >= 15 is 0 Å². The Morgan fingerprint density at radius 2 is 2.14 bits per heavy atom. The molecule has 0 radical (unpaired) electrons. The molecule has 0 saturated carbocycles. The van der Waals surface area contributed by atoms with Crippen LogP contribution < -0.4 is 4.90 Å². The highest BCUT2D eigenvalue weighted by atomic mass is 16.5. The third kappa shape index (κ3) is 2.06. The molecule has 1 aliphatic rings. The fourth-order valence-corrected chi connectivity index (χ4v) is 2.72. The second-order valence-electron chi connectivity index (χ2n) is 5.10. The lowest BCUT2D eigenvalue weighted by molar-refractivity contribution is -0.172. The Kier molecular flexibility index (Phi) is 3.42. The van der Waals surface area contributed by atoms with Crippen molar-refractivity contribution in [3.05, 3.63) is 30.5 Å². The van der Waals surface area contributed by atoms with Crippen LogP contribution in [0.15, 0.2) is 30.5 Å². The van der Waals surface area contributed by atoms with Crippen LogP contribution in [0.3, 0.4) is 0 Å². The van der Waals surface area contributed by atoms with Gasteiger partial charge in [-0.05, 0) is 13.0 Å². The minimum absolute atomic E-state index is 0.0334. The number of hydroxylamine groups is 2. The number of carbonyl (C=O) groups is 3. The summed E-state index contributed by atoms with van der Waals surface area (Å²) in [6.45, 7) is 2.14. The molecule has 1 aliphatic heterocycles. The molecule has 1 fully saturated rings. The normalized spacial score (nSPS) is 18.3. The van der Waals surface area contributed by atoms with E-state index in [2.05, 4.69) is 4.98 Å². The SMILES string of the molecule is CCN(C(=O)C1CC(=O)N(O)C1=O)c1c[nH]c2ccccc12. The minimum Gasteiger partial charge on any atom is -0.359 e. The lowest BCUT2D eigenvalue weighted by Gasteiger charge is -2.22. The second kappa shape index (κ2) is 5.27. The zero-order valence-electron chi connectivity index (χ0n) is 11.9. The summed E-state index contributed by atoms with van der Waals surface area (Å²) in [5.74, 6) is -3.26. The number of rotatable bonds is 3. The third-order valence-corrected chi connectivity index (χ3v) is 3.86. The van der Waals surface area contributed by atoms with Crippen LogP contribution in [-0.4, -0.2) is 39.5 Å². The summed E-state index contributed by atoms with van der Waals surface area (Å²) in [5, 5.41) is 10.2. The molecule has 3 rings (SSSR count). The molecular weight excluding hydrogens is 286 g/mol. The van der Waals surface area contributed by atoms with Crippen molar-refractivity contribution < 1.29 is 19.6 Å². The van der Waals surface area contributed by atoms with Crippen LogP contribution in [0.2, 0.25) is 0 Å². The monoisotopic (exact) mass is 301 g/mol. The van der Waals surface area contributed by atoms with Gasteiger partial charge in [0.25, 0.3) is 11.8 Å². The van der Waals surface area contributed by atoms with Gasteiger partial charge in [-0.1, -0.05) is 18.2 Å². The standard InChI is InChI=1S/C15H15N3O4/c1-2-17(12-8-16-11-6-4-3-5-9(11)12)14(20)10-7-13(19)18(22)15(10)21/h3-6,8,10,16,22H,2,7H2,1H3. The average Bonchev–Trinajstić information content (AvgIpc) is 3.05. The first kappa shape index (κ1) is 14.3. The van der Waals surface area contributed by atoms with Gasteiger partial charge in [0.1, 0.15) is 5.92 Å². The van der Waals surface area contributed by atoms with Crippen molar-refractivity contribution in [2.24, 2.45) is 5.92 Å². The van der Waals surface area contributed by atoms with Crippen molar-refractivity contribution in [1.82, 2.24) is 10.0 Å². The Morgan fingerprint density at radius 3 is 2.77 bits per heavy atom. The number of nitrogens with one attached hydrogen (secondary N) is 1. The number of aromatic amines is 1. The average molecular weight is 301 g/mol. The minimum atomic E-state index is -1.16. The maximum Gasteiger partial charge on any atom is 0.266 e. The summed E-state index contributed by atoms with van der Waals surface area (Å²) < 4.78 is 0. The summed E-state index contributed by atoms with van der Waals surface area (Å²) in [5.41, 5.74) is 1.53. The van der Waals surface area contributed by atoms with Crippen LogP contribution in [0.5, 0.6) is 0 Å². The Hall–Kier alpha value is -2.67. The van der Waals surface area contributed by atoms with E-state index in [9.17, 15) is 19.6 Å². The quantitative estimate of drug-likeness (QED) is 0.507. The van der Waals surface area contributed by atoms with E-state index in [1.165, 1.54) is 4.90 Å². The van der Waals surface area contributed by atoms with Gasteiger partial charge in [0.05, 0.1) is 12.1 Å². The maximum atomic E-state index is 12.6. The lowest BCUT2D eigenvalue weighted by atomic mass is 10.1. The zero-order chi connectivity index (χ0) is 15.9. The van der Waals surface area contributed by atoms with E-state index in [-0.39, 0.29) is 11.5 Å². The highest BCUT2D eigenvalue weighted by molar-refractivity contribution is 6.17. The number of hydrogen-bond donors (Lipinski definition) is 2. The summed E-state index contributed by atoms with van der Waals surface area (Å²) in [7, 11) is 0. The molecule has 0 aliphatic carbocycles. The van der Waals surface area contributed by atoms with Crippen LogP contribution in [0.25, 0.3) is 10.9 Å². The molecule has 0 bridgehead atoms. The first-order chi connectivity index (χ1) is 10.5. The molecule has 3 amide bonds. The van der Waals surface area contributed by atoms with Crippen molar-refractivity contribution in [2.45, 2.75) is 13.3 Å². The van der Waals surface area contributed by atoms with E-state index in [0.29, 0.717) is 12.2 Å². The Labute approximate surface area is 126 Å². The number of para-hydroxylation sites is 1. The fraction of sp³-hybridized carbons (Fsp3) is 0.267. The van der Waals surface area contributed by atoms with Crippen molar-refractivity contribution in [3.8, 4) is 0 Å². The summed E-state index contributed by atoms with van der Waals surface area (Å²) in [4.78, 5) is 40.3. The number of H-pyrrole nitrogens is 1. The zero-order valence-corrected chi connectivity index (χ0v) is 11.9. The van der Waals surface area contributed by atoms with Gasteiger partial charge in [0, 0.05) is 23.6 Å². The van der Waals surface area contributed by atoms with E-state index in [1.807, 2.05) is 24.3 Å². The molecule has 1 aromatic heterocycles. The molecule has 22 heavy (non-hydrogen) atoms. The van der Waals surface area contributed by atoms with Gasteiger partial charge in [-0.3, -0.25) is 19.6 Å². The topological polar surface area (TPSA) is 93.7 Å². The predicted octanol–water partition coefficient (Wildman–Crippen LogP) is 1.29. The number of carbonyl (C=O) groups excluding carboxylic acids is 3. The lowest BCUT2D eigenvalue weighted by Crippen LogP contribution is -2.39. The van der Waals surface area contributed by atoms with Gasteiger partial charge in [-0.2, -0.15) is 5.06 Å². The van der Waals surface area contributed by atoms with E-state index in [4.69, 9.17) is 0 Å². The number of nitrogens with zero attached hydrogens (tertiary/aromatic N) is 2. The number of hydrogen-bond acceptors (Lipinski definition) is 4. The molecule has 0 spiro atoms. The van der Waals surface area contributed by atoms with Crippen molar-refractivity contribution in [2.75, 3.05) is 11.4 Å². The maximum absolute atomic E-state index is 12.6. The molecule has 1 atom stereocenters. The van der Waals surface area contributed by atoms with Crippen LogP contribution >= 0.6 is 0 Å². The number of fused-ring (bicyclic) bond motifs is 1. The van der Waals surface area contributed by atoms with Crippen LogP contribution in [0.4, 0.5) is 5.69 Å². The third-order valence-electron chi connectivity index (χ3n) is 3.86. The van der Waals surface area contributed by atoms with Crippen molar-refractivity contribution >= 4 is 34.3 Å². The van der Waals surface area contributed by atoms with Crippen molar-refractivity contribution in [1.29, 1.82) is 0 Å². The summed E-state index contributed by atoms with van der Waals surface area (Å²) >= 11 is 0. The van der Waals surface area contributed by atoms with Gasteiger partial charge < -0.3 is 9.88 Å². The molecule has 2 heterocycles. The molecule has 1 aromatic carbocycles. The van der Waals surface area contributed by atoms with E-state index in [1.54, 1.807) is 13.1 Å². The smallest absolute Gasteiger partial charge is 0.266 e. The number of benzene rings is 1. The summed E-state index contributed by atoms with van der Waals surface area (Å²) in [6.07, 6.45) is 1.40. The Bertz CT molecular complexity index is 767. The Balaban J connectivity index is 1.96. The fourth-order valence-electron chi connectivity index (χ4n) is 2.72. The first-order valence-electron chi connectivity index (χ1n) is 6.97. The van der Waals surface area contributed by atoms with Crippen molar-refractivity contribution in [3.63, 3.8) is 0 Å².